The maximum absolute atomic E-state index is 12.4. The van der Waals surface area contributed by atoms with Gasteiger partial charge in [0, 0.05) is 51.4 Å². The van der Waals surface area contributed by atoms with E-state index in [0.717, 1.165) is 5.56 Å². The molecule has 16 nitrogen and oxygen atoms in total. The lowest BCUT2D eigenvalue weighted by Crippen LogP contribution is -2.26. The fraction of sp³-hybridized carbons (Fsp3) is 0.239. The predicted octanol–water partition coefficient (Wildman–Crippen LogP) is 5.79. The zero-order valence-electron chi connectivity index (χ0n) is 34.7. The van der Waals surface area contributed by atoms with Crippen molar-refractivity contribution < 1.29 is 42.9 Å². The predicted molar refractivity (Wildman–Crippen MR) is 223 cm³/mol. The van der Waals surface area contributed by atoms with Crippen LogP contribution in [0.15, 0.2) is 115 Å². The summed E-state index contributed by atoms with van der Waals surface area (Å²) in [7, 11) is 5.19. The fourth-order valence-electron chi connectivity index (χ4n) is 6.46. The Morgan fingerprint density at radius 1 is 0.403 bits per heavy atom. The maximum Gasteiger partial charge on any atom is 0.356 e. The second-order valence-corrected chi connectivity index (χ2v) is 13.9. The minimum Gasteiger partial charge on any atom is -0.489 e. The number of aromatic nitrogens is 5. The summed E-state index contributed by atoms with van der Waals surface area (Å²) in [6.07, 6.45) is 0. The molecule has 6 aromatic rings. The van der Waals surface area contributed by atoms with Gasteiger partial charge in [0.1, 0.15) is 35.1 Å². The highest BCUT2D eigenvalue weighted by molar-refractivity contribution is 5.88. The smallest absolute Gasteiger partial charge is 0.356 e. The Labute approximate surface area is 358 Å². The molecule has 0 fully saturated rings. The minimum absolute atomic E-state index is 0.158. The van der Waals surface area contributed by atoms with Gasteiger partial charge >= 0.3 is 23.9 Å². The highest BCUT2D eigenvalue weighted by Gasteiger charge is 2.19. The van der Waals surface area contributed by atoms with Gasteiger partial charge in [0.15, 0.2) is 0 Å². The summed E-state index contributed by atoms with van der Waals surface area (Å²) in [5.74, 6) is -1.70. The van der Waals surface area contributed by atoms with Gasteiger partial charge in [-0.05, 0) is 54.1 Å². The Bertz CT molecular complexity index is 2230. The molecule has 0 radical (unpaired) electrons. The Morgan fingerprint density at radius 2 is 0.726 bits per heavy atom. The molecule has 0 saturated heterocycles. The van der Waals surface area contributed by atoms with Gasteiger partial charge in [-0.2, -0.15) is 0 Å². The number of nitrogens with zero attached hydrogens (tertiary/aromatic N) is 7. The Morgan fingerprint density at radius 3 is 1.05 bits per heavy atom. The molecule has 1 aromatic carbocycles. The molecule has 0 bridgehead atoms. The van der Waals surface area contributed by atoms with Gasteiger partial charge in [-0.3, -0.25) is 14.8 Å². The van der Waals surface area contributed by atoms with E-state index in [9.17, 15) is 19.2 Å². The number of benzene rings is 1. The van der Waals surface area contributed by atoms with Crippen molar-refractivity contribution >= 4 is 23.9 Å². The monoisotopic (exact) mass is 839 g/mol. The van der Waals surface area contributed by atoms with E-state index in [0.29, 0.717) is 46.5 Å². The van der Waals surface area contributed by atoms with E-state index >= 15 is 0 Å². The van der Waals surface area contributed by atoms with Crippen LogP contribution in [0.5, 0.6) is 5.75 Å². The van der Waals surface area contributed by atoms with Crippen LogP contribution < -0.4 is 4.74 Å². The number of methoxy groups -OCH3 is 4. The second kappa shape index (κ2) is 21.7. The molecule has 62 heavy (non-hydrogen) atoms. The van der Waals surface area contributed by atoms with Gasteiger partial charge < -0.3 is 23.7 Å². The molecule has 0 aliphatic carbocycles. The van der Waals surface area contributed by atoms with Gasteiger partial charge in [-0.15, -0.1) is 0 Å². The Balaban J connectivity index is 1.38. The van der Waals surface area contributed by atoms with E-state index in [1.54, 1.807) is 72.8 Å². The largest absolute Gasteiger partial charge is 0.489 e. The quantitative estimate of drug-likeness (QED) is 0.0704. The van der Waals surface area contributed by atoms with Crippen LogP contribution in [0.2, 0.25) is 0 Å². The molecule has 0 amide bonds. The van der Waals surface area contributed by atoms with Gasteiger partial charge in [0.2, 0.25) is 0 Å². The van der Waals surface area contributed by atoms with E-state index in [-0.39, 0.29) is 62.0 Å². The third kappa shape index (κ3) is 12.5. The maximum atomic E-state index is 12.4. The molecule has 5 heterocycles. The number of rotatable bonds is 19. The molecule has 0 atom stereocenters. The lowest BCUT2D eigenvalue weighted by molar-refractivity contribution is 0.0584. The van der Waals surface area contributed by atoms with Gasteiger partial charge in [-0.1, -0.05) is 54.6 Å². The SMILES string of the molecule is COC(=O)c1cccc(CN(Cc2cc(OCc3ccccc3)cc(CN(Cc3cccc(C(=O)OC)n3)Cc3cccc(C(=O)OC)n3)n2)Cc2cccc(C(=O)OC)n2)n1. The van der Waals surface area contributed by atoms with E-state index in [1.165, 1.54) is 28.4 Å². The number of carbonyl (C=O) groups excluding carboxylic acids is 4. The number of hydrogen-bond donors (Lipinski definition) is 0. The average Bonchev–Trinajstić information content (AvgIpc) is 3.30. The van der Waals surface area contributed by atoms with Gasteiger partial charge in [0.25, 0.3) is 0 Å². The van der Waals surface area contributed by atoms with Crippen LogP contribution in [0.25, 0.3) is 0 Å². The summed E-state index contributed by atoms with van der Waals surface area (Å²) >= 11 is 0. The lowest BCUT2D eigenvalue weighted by Gasteiger charge is -2.24. The third-order valence-corrected chi connectivity index (χ3v) is 9.27. The van der Waals surface area contributed by atoms with Crippen molar-refractivity contribution in [3.05, 3.63) is 178 Å². The zero-order valence-corrected chi connectivity index (χ0v) is 34.7. The van der Waals surface area contributed by atoms with Crippen LogP contribution in [0.4, 0.5) is 0 Å². The molecule has 16 heteroatoms. The van der Waals surface area contributed by atoms with Crippen LogP contribution in [0.3, 0.4) is 0 Å². The van der Waals surface area contributed by atoms with Crippen LogP contribution in [0.1, 0.15) is 81.7 Å². The minimum atomic E-state index is -0.565. The number of esters is 4. The van der Waals surface area contributed by atoms with Gasteiger partial charge in [0.05, 0.1) is 62.6 Å². The van der Waals surface area contributed by atoms with E-state index in [1.807, 2.05) is 52.3 Å². The molecule has 0 saturated carbocycles. The topological polar surface area (TPSA) is 185 Å². The average molecular weight is 840 g/mol. The molecule has 6 rings (SSSR count). The normalized spacial score (nSPS) is 10.9. The molecule has 5 aromatic heterocycles. The van der Waals surface area contributed by atoms with Crippen LogP contribution in [0, 0.1) is 0 Å². The molecule has 0 spiro atoms. The van der Waals surface area contributed by atoms with Crippen LogP contribution in [-0.2, 0) is 64.8 Å². The first-order chi connectivity index (χ1) is 30.1. The zero-order chi connectivity index (χ0) is 43.8. The summed E-state index contributed by atoms with van der Waals surface area (Å²) in [5.41, 5.74) is 5.22. The Hall–Kier alpha value is -7.43. The standard InChI is InChI=1S/C46H45N7O9/c1-58-43(54)39-18-8-14-32(48-39)24-52(25-33-15-9-19-40(49-33)44(55)59-2)28-36-22-38(62-30-31-12-6-5-7-13-31)23-37(47-36)29-53(26-34-16-10-20-41(50-34)45(56)60-3)27-35-17-11-21-42(51-35)46(57)61-4/h5-23H,24-30H2,1-4H3. The molecule has 318 valence electrons. The Kier molecular flexibility index (Phi) is 15.5. The number of hydrogen-bond acceptors (Lipinski definition) is 16. The lowest BCUT2D eigenvalue weighted by atomic mass is 10.2. The highest BCUT2D eigenvalue weighted by Crippen LogP contribution is 2.22. The fourth-order valence-corrected chi connectivity index (χ4v) is 6.46. The van der Waals surface area contributed by atoms with Crippen molar-refractivity contribution in [3.8, 4) is 5.75 Å². The van der Waals surface area contributed by atoms with Crippen molar-refractivity contribution in [1.82, 2.24) is 34.7 Å². The molecule has 0 N–H and O–H groups in total. The molecule has 0 unspecified atom stereocenters. The summed E-state index contributed by atoms with van der Waals surface area (Å²) in [6, 6.07) is 34.0. The number of carbonyl (C=O) groups is 4. The molecule has 0 aliphatic rings. The molecule has 0 aliphatic heterocycles. The first-order valence-electron chi connectivity index (χ1n) is 19.4. The highest BCUT2D eigenvalue weighted by atomic mass is 16.5. The first kappa shape index (κ1) is 44.1. The second-order valence-electron chi connectivity index (χ2n) is 13.9. The van der Waals surface area contributed by atoms with Crippen LogP contribution >= 0.6 is 0 Å². The molecular formula is C46H45N7O9. The van der Waals surface area contributed by atoms with E-state index in [2.05, 4.69) is 19.9 Å². The van der Waals surface area contributed by atoms with Crippen molar-refractivity contribution in [3.63, 3.8) is 0 Å². The van der Waals surface area contributed by atoms with Crippen molar-refractivity contribution in [1.29, 1.82) is 0 Å². The van der Waals surface area contributed by atoms with E-state index < -0.39 is 23.9 Å². The summed E-state index contributed by atoms with van der Waals surface area (Å²) in [5, 5.41) is 0. The molecular weight excluding hydrogens is 795 g/mol. The first-order valence-corrected chi connectivity index (χ1v) is 19.4. The van der Waals surface area contributed by atoms with Gasteiger partial charge in [-0.25, -0.2) is 39.1 Å². The van der Waals surface area contributed by atoms with Crippen LogP contribution in [-0.4, -0.2) is 87.0 Å². The third-order valence-electron chi connectivity index (χ3n) is 9.27. The summed E-state index contributed by atoms with van der Waals surface area (Å²) in [4.78, 5) is 77.1. The van der Waals surface area contributed by atoms with Crippen molar-refractivity contribution in [2.24, 2.45) is 0 Å². The van der Waals surface area contributed by atoms with Crippen molar-refractivity contribution in [2.45, 2.75) is 45.9 Å². The van der Waals surface area contributed by atoms with E-state index in [4.69, 9.17) is 28.7 Å². The summed E-state index contributed by atoms with van der Waals surface area (Å²) < 4.78 is 26.1. The number of ether oxygens (including phenoxy) is 5. The van der Waals surface area contributed by atoms with Crippen molar-refractivity contribution in [2.75, 3.05) is 28.4 Å². The number of pyridine rings is 5. The summed E-state index contributed by atoms with van der Waals surface area (Å²) in [6.45, 7) is 1.86.